The van der Waals surface area contributed by atoms with Crippen LogP contribution >= 0.6 is 11.3 Å². The number of aryl methyl sites for hydroxylation is 1. The molecule has 7 nitrogen and oxygen atoms in total. The zero-order valence-corrected chi connectivity index (χ0v) is 14.3. The molecular weight excluding hydrogens is 330 g/mol. The number of rotatable bonds is 10. The van der Waals surface area contributed by atoms with Gasteiger partial charge in [-0.1, -0.05) is 31.0 Å². The molecule has 0 bridgehead atoms. The van der Waals surface area contributed by atoms with Crippen LogP contribution in [0.5, 0.6) is 0 Å². The molecule has 0 aromatic carbocycles. The summed E-state index contributed by atoms with van der Waals surface area (Å²) in [5.74, 6) is -0.229. The first-order valence-corrected chi connectivity index (χ1v) is 8.86. The molecule has 0 saturated carbocycles. The van der Waals surface area contributed by atoms with Crippen molar-refractivity contribution in [3.05, 3.63) is 23.4 Å². The van der Waals surface area contributed by atoms with E-state index < -0.39 is 12.0 Å². The van der Waals surface area contributed by atoms with Crippen LogP contribution in [0.2, 0.25) is 0 Å². The number of nitrogens with zero attached hydrogens (tertiary/aromatic N) is 2. The van der Waals surface area contributed by atoms with Crippen molar-refractivity contribution in [3.63, 3.8) is 0 Å². The van der Waals surface area contributed by atoms with E-state index in [1.165, 1.54) is 11.3 Å². The second-order valence-electron chi connectivity index (χ2n) is 5.44. The van der Waals surface area contributed by atoms with Crippen LogP contribution in [-0.4, -0.2) is 33.2 Å². The van der Waals surface area contributed by atoms with E-state index in [-0.39, 0.29) is 12.3 Å². The highest BCUT2D eigenvalue weighted by Gasteiger charge is 2.19. The highest BCUT2D eigenvalue weighted by atomic mass is 32.1. The highest BCUT2D eigenvalue weighted by molar-refractivity contribution is 7.13. The van der Waals surface area contributed by atoms with Gasteiger partial charge in [-0.25, -0.2) is 4.79 Å². The van der Waals surface area contributed by atoms with Crippen LogP contribution in [-0.2, 0) is 16.0 Å². The van der Waals surface area contributed by atoms with Crippen molar-refractivity contribution < 1.29 is 19.2 Å². The van der Waals surface area contributed by atoms with E-state index in [9.17, 15) is 9.59 Å². The normalized spacial score (nSPS) is 12.0. The van der Waals surface area contributed by atoms with Gasteiger partial charge in [-0.2, -0.15) is 4.98 Å². The third-order valence-corrected chi connectivity index (χ3v) is 4.35. The van der Waals surface area contributed by atoms with Gasteiger partial charge in [0.15, 0.2) is 0 Å². The molecule has 0 aliphatic rings. The van der Waals surface area contributed by atoms with Gasteiger partial charge in [0.25, 0.3) is 0 Å². The number of aliphatic carboxylic acids is 1. The van der Waals surface area contributed by atoms with Crippen LogP contribution in [0.15, 0.2) is 22.0 Å². The van der Waals surface area contributed by atoms with E-state index in [1.807, 2.05) is 24.4 Å². The van der Waals surface area contributed by atoms with Gasteiger partial charge in [0, 0.05) is 12.8 Å². The summed E-state index contributed by atoms with van der Waals surface area (Å²) in [6.45, 7) is 1.98. The minimum atomic E-state index is -0.991. The monoisotopic (exact) mass is 351 g/mol. The molecule has 0 spiro atoms. The number of hydrogen-bond donors (Lipinski definition) is 2. The molecule has 0 fully saturated rings. The van der Waals surface area contributed by atoms with Gasteiger partial charge < -0.3 is 14.9 Å². The Balaban J connectivity index is 1.75. The van der Waals surface area contributed by atoms with Crippen LogP contribution < -0.4 is 5.32 Å². The summed E-state index contributed by atoms with van der Waals surface area (Å²) in [6.07, 6.45) is 3.35. The molecule has 130 valence electrons. The van der Waals surface area contributed by atoms with E-state index >= 15 is 0 Å². The fraction of sp³-hybridized carbons (Fsp3) is 0.500. The van der Waals surface area contributed by atoms with Crippen molar-refractivity contribution in [2.75, 3.05) is 0 Å². The average Bonchev–Trinajstić information content (AvgIpc) is 3.22. The van der Waals surface area contributed by atoms with Gasteiger partial charge in [-0.15, -0.1) is 11.3 Å². The quantitative estimate of drug-likeness (QED) is 0.682. The summed E-state index contributed by atoms with van der Waals surface area (Å²) in [5, 5.41) is 17.5. The average molecular weight is 351 g/mol. The summed E-state index contributed by atoms with van der Waals surface area (Å²) >= 11 is 1.53. The fourth-order valence-electron chi connectivity index (χ4n) is 2.19. The molecule has 24 heavy (non-hydrogen) atoms. The molecule has 1 atom stereocenters. The largest absolute Gasteiger partial charge is 0.480 e. The van der Waals surface area contributed by atoms with Crippen LogP contribution in [0, 0.1) is 0 Å². The Morgan fingerprint density at radius 3 is 2.92 bits per heavy atom. The third-order valence-electron chi connectivity index (χ3n) is 3.48. The van der Waals surface area contributed by atoms with E-state index in [1.54, 1.807) is 0 Å². The second-order valence-corrected chi connectivity index (χ2v) is 6.39. The van der Waals surface area contributed by atoms with Crippen molar-refractivity contribution in [3.8, 4) is 10.7 Å². The first-order valence-electron chi connectivity index (χ1n) is 7.98. The van der Waals surface area contributed by atoms with Crippen molar-refractivity contribution in [1.82, 2.24) is 15.5 Å². The molecule has 2 N–H and O–H groups in total. The van der Waals surface area contributed by atoms with E-state index in [4.69, 9.17) is 9.63 Å². The second kappa shape index (κ2) is 9.17. The zero-order valence-electron chi connectivity index (χ0n) is 13.5. The summed E-state index contributed by atoms with van der Waals surface area (Å²) in [6, 6.07) is 3.01. The maximum atomic E-state index is 11.9. The van der Waals surface area contributed by atoms with Gasteiger partial charge in [-0.05, 0) is 24.3 Å². The summed E-state index contributed by atoms with van der Waals surface area (Å²) in [4.78, 5) is 28.2. The Hall–Kier alpha value is -2.22. The first kappa shape index (κ1) is 18.1. The van der Waals surface area contributed by atoms with E-state index in [0.29, 0.717) is 31.0 Å². The van der Waals surface area contributed by atoms with Crippen LogP contribution in [0.3, 0.4) is 0 Å². The topological polar surface area (TPSA) is 105 Å². The molecule has 0 radical (unpaired) electrons. The van der Waals surface area contributed by atoms with Gasteiger partial charge in [0.2, 0.25) is 17.6 Å². The van der Waals surface area contributed by atoms with Gasteiger partial charge >= 0.3 is 5.97 Å². The molecule has 2 heterocycles. The number of nitrogens with one attached hydrogen (secondary N) is 1. The van der Waals surface area contributed by atoms with Crippen molar-refractivity contribution in [2.24, 2.45) is 0 Å². The molecule has 0 unspecified atom stereocenters. The minimum Gasteiger partial charge on any atom is -0.480 e. The summed E-state index contributed by atoms with van der Waals surface area (Å²) in [5.41, 5.74) is 0. The maximum Gasteiger partial charge on any atom is 0.326 e. The Kier molecular flexibility index (Phi) is 6.92. The maximum absolute atomic E-state index is 11.9. The van der Waals surface area contributed by atoms with E-state index in [2.05, 4.69) is 15.5 Å². The number of thiophene rings is 1. The summed E-state index contributed by atoms with van der Waals surface area (Å²) < 4.78 is 5.16. The molecule has 0 aliphatic carbocycles. The lowest BCUT2D eigenvalue weighted by atomic mass is 10.1. The third kappa shape index (κ3) is 5.45. The molecule has 2 rings (SSSR count). The number of hydrogen-bond acceptors (Lipinski definition) is 6. The smallest absolute Gasteiger partial charge is 0.326 e. The van der Waals surface area contributed by atoms with Crippen molar-refractivity contribution in [2.45, 2.75) is 51.5 Å². The molecule has 1 amide bonds. The molecular formula is C16H21N3O4S. The first-order chi connectivity index (χ1) is 11.6. The van der Waals surface area contributed by atoms with Gasteiger partial charge in [0.05, 0.1) is 4.88 Å². The molecule has 0 aliphatic heterocycles. The number of carboxylic acids is 1. The Morgan fingerprint density at radius 2 is 2.25 bits per heavy atom. The number of amides is 1. The molecule has 2 aromatic rings. The van der Waals surface area contributed by atoms with Crippen molar-refractivity contribution >= 4 is 23.2 Å². The number of unbranched alkanes of at least 4 members (excludes halogenated alkanes) is 1. The zero-order chi connectivity index (χ0) is 17.4. The minimum absolute atomic E-state index is 0.229. The van der Waals surface area contributed by atoms with E-state index in [0.717, 1.165) is 17.7 Å². The predicted octanol–water partition coefficient (Wildman–Crippen LogP) is 2.88. The number of carbonyl (C=O) groups excluding carboxylic acids is 1. The molecule has 0 saturated heterocycles. The fourth-order valence-corrected chi connectivity index (χ4v) is 2.84. The summed E-state index contributed by atoms with van der Waals surface area (Å²) in [7, 11) is 0. The lowest BCUT2D eigenvalue weighted by molar-refractivity contribution is -0.142. The Morgan fingerprint density at radius 1 is 1.42 bits per heavy atom. The molecule has 8 heteroatoms. The van der Waals surface area contributed by atoms with Crippen LogP contribution in [0.4, 0.5) is 0 Å². The standard InChI is InChI=1S/C16H21N3O4S/c1-2-3-6-11(16(21)22)17-13(20)8-4-9-14-18-15(19-23-14)12-7-5-10-24-12/h5,7,10-11H,2-4,6,8-9H2,1H3,(H,17,20)(H,21,22)/t11-/m0/s1. The Bertz CT molecular complexity index is 654. The molecule has 2 aromatic heterocycles. The van der Waals surface area contributed by atoms with Crippen molar-refractivity contribution in [1.29, 1.82) is 0 Å². The Labute approximate surface area is 144 Å². The number of aromatic nitrogens is 2. The number of carboxylic acid groups (broad SMARTS) is 1. The SMILES string of the molecule is CCCC[C@H](NC(=O)CCCc1nc(-c2cccs2)no1)C(=O)O. The lowest BCUT2D eigenvalue weighted by Gasteiger charge is -2.13. The number of carbonyl (C=O) groups is 2. The highest BCUT2D eigenvalue weighted by Crippen LogP contribution is 2.21. The van der Waals surface area contributed by atoms with Crippen LogP contribution in [0.25, 0.3) is 10.7 Å². The van der Waals surface area contributed by atoms with Gasteiger partial charge in [0.1, 0.15) is 6.04 Å². The predicted molar refractivity (Wildman–Crippen MR) is 89.6 cm³/mol. The lowest BCUT2D eigenvalue weighted by Crippen LogP contribution is -2.40. The van der Waals surface area contributed by atoms with Gasteiger partial charge in [-0.3, -0.25) is 4.79 Å². The van der Waals surface area contributed by atoms with Crippen LogP contribution in [0.1, 0.15) is 44.9 Å².